The maximum Gasteiger partial charge on any atom is 0.316 e. The summed E-state index contributed by atoms with van der Waals surface area (Å²) in [6.07, 6.45) is -7.71. The van der Waals surface area contributed by atoms with Crippen LogP contribution >= 0.6 is 0 Å². The van der Waals surface area contributed by atoms with Crippen LogP contribution in [0.2, 0.25) is 0 Å². The average Bonchev–Trinajstić information content (AvgIpc) is 3.08. The van der Waals surface area contributed by atoms with Crippen molar-refractivity contribution in [3.63, 3.8) is 0 Å². The summed E-state index contributed by atoms with van der Waals surface area (Å²) < 4.78 is 34.7. The molecule has 50 heavy (non-hydrogen) atoms. The Bertz CT molecular complexity index is 1670. The Kier molecular flexibility index (Phi) is 9.73. The lowest BCUT2D eigenvalue weighted by atomic mass is 9.66. The molecule has 2 aliphatic carbocycles. The lowest BCUT2D eigenvalue weighted by Gasteiger charge is -2.46. The number of rotatable bonds is 7. The number of hydrogen-bond donors (Lipinski definition) is 6. The number of carbonyl (C=O) groups is 3. The zero-order valence-electron chi connectivity index (χ0n) is 28.3. The van der Waals surface area contributed by atoms with E-state index in [1.54, 1.807) is 20.8 Å². The summed E-state index contributed by atoms with van der Waals surface area (Å²) in [5, 5.41) is 56.0. The van der Waals surface area contributed by atoms with Crippen LogP contribution in [0.3, 0.4) is 0 Å². The molecule has 0 saturated carbocycles. The maximum absolute atomic E-state index is 14.0. The zero-order chi connectivity index (χ0) is 36.4. The van der Waals surface area contributed by atoms with Gasteiger partial charge in [-0.05, 0) is 26.3 Å². The van der Waals surface area contributed by atoms with Crippen LogP contribution in [0.1, 0.15) is 101 Å². The Labute approximate surface area is 287 Å². The highest BCUT2D eigenvalue weighted by Gasteiger charge is 2.55. The van der Waals surface area contributed by atoms with E-state index >= 15 is 0 Å². The van der Waals surface area contributed by atoms with Crippen molar-refractivity contribution >= 4 is 17.5 Å². The molecule has 6 rings (SSSR count). The number of ketones is 2. The van der Waals surface area contributed by atoms with Crippen molar-refractivity contribution in [2.24, 2.45) is 5.73 Å². The van der Waals surface area contributed by atoms with Gasteiger partial charge in [0, 0.05) is 42.0 Å². The first-order valence-electron chi connectivity index (χ1n) is 16.6. The van der Waals surface area contributed by atoms with Gasteiger partial charge in [-0.3, -0.25) is 14.4 Å². The van der Waals surface area contributed by atoms with Gasteiger partial charge in [-0.15, -0.1) is 0 Å². The minimum Gasteiger partial charge on any atom is -0.507 e. The maximum atomic E-state index is 14.0. The van der Waals surface area contributed by atoms with Crippen LogP contribution < -0.4 is 10.5 Å². The Morgan fingerprint density at radius 1 is 0.940 bits per heavy atom. The number of nitrogens with two attached hydrogens (primary N) is 1. The standard InChI is InChI=1S/C35H43NO14/c1-6-35(44)12-19(49-20-10-16(36)33(14(3)48-20)50-21-11-17(37)28(38)13(2)47-21)23-24(27(35)34(43)46-5)32(42)25-26(31(23)41)30(40)22-15(29(25)39)8-7-9-18(22)45-4/h7-9,13-14,16-17,19-21,27-28,33,37-38,41-42,44H,6,10-12,36H2,1-5H3/t13-,14-,16-,17-,19-,20-,21-,27-,28+,33+,35+/m0/s1. The van der Waals surface area contributed by atoms with Crippen molar-refractivity contribution in [1.82, 2.24) is 0 Å². The van der Waals surface area contributed by atoms with Crippen LogP contribution in [0.15, 0.2) is 18.2 Å². The molecule has 2 aromatic carbocycles. The Morgan fingerprint density at radius 2 is 1.58 bits per heavy atom. The monoisotopic (exact) mass is 701 g/mol. The number of aliphatic hydroxyl groups is 3. The smallest absolute Gasteiger partial charge is 0.316 e. The fourth-order valence-corrected chi connectivity index (χ4v) is 7.78. The van der Waals surface area contributed by atoms with Gasteiger partial charge in [-0.1, -0.05) is 19.1 Å². The van der Waals surface area contributed by atoms with Crippen molar-refractivity contribution in [3.8, 4) is 17.2 Å². The molecule has 7 N–H and O–H groups in total. The second-order valence-corrected chi connectivity index (χ2v) is 13.4. The number of aliphatic hydroxyl groups excluding tert-OH is 2. The van der Waals surface area contributed by atoms with Crippen LogP contribution in [0, 0.1) is 0 Å². The molecule has 0 bridgehead atoms. The minimum atomic E-state index is -1.90. The van der Waals surface area contributed by atoms with Gasteiger partial charge in [-0.2, -0.15) is 0 Å². The molecule has 0 radical (unpaired) electrons. The van der Waals surface area contributed by atoms with Crippen molar-refractivity contribution in [2.75, 3.05) is 14.2 Å². The molecule has 0 amide bonds. The van der Waals surface area contributed by atoms with Gasteiger partial charge in [-0.25, -0.2) is 0 Å². The van der Waals surface area contributed by atoms with E-state index in [1.165, 1.54) is 25.3 Å². The third-order valence-corrected chi connectivity index (χ3v) is 10.4. The summed E-state index contributed by atoms with van der Waals surface area (Å²) in [7, 11) is 2.43. The zero-order valence-corrected chi connectivity index (χ0v) is 28.3. The first-order chi connectivity index (χ1) is 23.7. The van der Waals surface area contributed by atoms with Crippen LogP contribution in [0.4, 0.5) is 0 Å². The molecule has 15 nitrogen and oxygen atoms in total. The predicted octanol–water partition coefficient (Wildman–Crippen LogP) is 1.45. The van der Waals surface area contributed by atoms with E-state index in [9.17, 15) is 39.9 Å². The van der Waals surface area contributed by atoms with Gasteiger partial charge in [0.2, 0.25) is 5.78 Å². The average molecular weight is 702 g/mol. The summed E-state index contributed by atoms with van der Waals surface area (Å²) in [5.74, 6) is -5.51. The van der Waals surface area contributed by atoms with Gasteiger partial charge in [0.05, 0.1) is 60.9 Å². The molecule has 272 valence electrons. The van der Waals surface area contributed by atoms with Crippen molar-refractivity contribution in [2.45, 2.75) is 113 Å². The summed E-state index contributed by atoms with van der Waals surface area (Å²) >= 11 is 0. The molecule has 0 unspecified atom stereocenters. The van der Waals surface area contributed by atoms with E-state index in [1.807, 2.05) is 0 Å². The Hall–Kier alpha value is -3.67. The van der Waals surface area contributed by atoms with E-state index in [0.29, 0.717) is 0 Å². The number of methoxy groups -OCH3 is 2. The summed E-state index contributed by atoms with van der Waals surface area (Å²) in [5.41, 5.74) is 2.94. The molecule has 11 atom stereocenters. The predicted molar refractivity (Wildman–Crippen MR) is 171 cm³/mol. The third-order valence-electron chi connectivity index (χ3n) is 10.4. The van der Waals surface area contributed by atoms with E-state index in [-0.39, 0.29) is 53.7 Å². The van der Waals surface area contributed by atoms with Crippen LogP contribution in [0.25, 0.3) is 0 Å². The normalized spacial score (nSPS) is 35.1. The van der Waals surface area contributed by atoms with Crippen LogP contribution in [-0.4, -0.2) is 112 Å². The highest BCUT2D eigenvalue weighted by atomic mass is 16.7. The van der Waals surface area contributed by atoms with Crippen molar-refractivity contribution < 1.29 is 68.3 Å². The molecule has 2 aliphatic heterocycles. The number of phenols is 2. The van der Waals surface area contributed by atoms with Crippen molar-refractivity contribution in [1.29, 1.82) is 0 Å². The first kappa shape index (κ1) is 36.1. The molecular formula is C35H43NO14. The second-order valence-electron chi connectivity index (χ2n) is 13.4. The van der Waals surface area contributed by atoms with E-state index in [0.717, 1.165) is 7.11 Å². The SMILES string of the molecule is CC[C@@]1(O)C[C@H](O[C@H]2C[C@H](N)[C@H](O[C@H]3C[C@H](O)[C@H](O)[C@H](C)O3)[C@H](C)O2)c2c(O)c3c(c(O)c2[C@H]1C(=O)OC)C(=O)c1cccc(OC)c1C3=O. The van der Waals surface area contributed by atoms with Gasteiger partial charge < -0.3 is 59.7 Å². The molecule has 2 saturated heterocycles. The molecule has 0 aromatic heterocycles. The highest BCUT2D eigenvalue weighted by Crippen LogP contribution is 2.57. The number of esters is 1. The molecular weight excluding hydrogens is 658 g/mol. The number of benzene rings is 2. The molecule has 2 aromatic rings. The number of fused-ring (bicyclic) bond motifs is 3. The van der Waals surface area contributed by atoms with Gasteiger partial charge in [0.25, 0.3) is 0 Å². The number of carbonyl (C=O) groups excluding carboxylic acids is 3. The number of hydrogen-bond acceptors (Lipinski definition) is 15. The van der Waals surface area contributed by atoms with Gasteiger partial charge in [0.1, 0.15) is 35.4 Å². The Morgan fingerprint density at radius 3 is 2.20 bits per heavy atom. The molecule has 2 heterocycles. The fourth-order valence-electron chi connectivity index (χ4n) is 7.78. The van der Waals surface area contributed by atoms with Gasteiger partial charge in [0.15, 0.2) is 18.4 Å². The lowest BCUT2D eigenvalue weighted by molar-refractivity contribution is -0.303. The topological polar surface area (TPSA) is 234 Å². The molecule has 0 spiro atoms. The summed E-state index contributed by atoms with van der Waals surface area (Å²) in [4.78, 5) is 41.2. The number of phenolic OH excluding ortho intramolecular Hbond substituents is 2. The minimum absolute atomic E-state index is 0.0157. The van der Waals surface area contributed by atoms with Crippen LogP contribution in [-0.2, 0) is 28.5 Å². The summed E-state index contributed by atoms with van der Waals surface area (Å²) in [6.45, 7) is 4.92. The lowest BCUT2D eigenvalue weighted by Crippen LogP contribution is -2.56. The highest BCUT2D eigenvalue weighted by molar-refractivity contribution is 6.31. The first-order valence-corrected chi connectivity index (χ1v) is 16.6. The van der Waals surface area contributed by atoms with E-state index in [2.05, 4.69) is 0 Å². The second kappa shape index (κ2) is 13.5. The van der Waals surface area contributed by atoms with Gasteiger partial charge >= 0.3 is 5.97 Å². The molecule has 4 aliphatic rings. The van der Waals surface area contributed by atoms with Crippen LogP contribution in [0.5, 0.6) is 17.2 Å². The quantitative estimate of drug-likeness (QED) is 0.151. The fraction of sp³-hybridized carbons (Fsp3) is 0.571. The third kappa shape index (κ3) is 5.75. The van der Waals surface area contributed by atoms with E-state index in [4.69, 9.17) is 34.2 Å². The summed E-state index contributed by atoms with van der Waals surface area (Å²) in [6, 6.07) is 3.68. The largest absolute Gasteiger partial charge is 0.507 e. The number of aromatic hydroxyl groups is 2. The number of ether oxygens (including phenoxy) is 6. The molecule has 2 fully saturated rings. The molecule has 15 heteroatoms. The Balaban J connectivity index is 1.39. The van der Waals surface area contributed by atoms with E-state index < -0.39 is 107 Å². The van der Waals surface area contributed by atoms with Crippen molar-refractivity contribution in [3.05, 3.63) is 51.6 Å².